The first kappa shape index (κ1) is 21.2. The van der Waals surface area contributed by atoms with Crippen LogP contribution in [0, 0.1) is 5.82 Å². The van der Waals surface area contributed by atoms with Crippen LogP contribution in [0.1, 0.15) is 34.3 Å². The van der Waals surface area contributed by atoms with Gasteiger partial charge < -0.3 is 9.15 Å². The van der Waals surface area contributed by atoms with E-state index in [1.54, 1.807) is 55.5 Å². The summed E-state index contributed by atoms with van der Waals surface area (Å²) in [5, 5.41) is 2.74. The summed E-state index contributed by atoms with van der Waals surface area (Å²) in [4.78, 5) is 29.5. The van der Waals surface area contributed by atoms with E-state index in [4.69, 9.17) is 9.15 Å². The molecule has 0 saturated carbocycles. The van der Waals surface area contributed by atoms with Crippen molar-refractivity contribution in [1.82, 2.24) is 4.98 Å². The number of para-hydroxylation sites is 2. The number of aromatic nitrogens is 1. The van der Waals surface area contributed by atoms with Gasteiger partial charge in [-0.15, -0.1) is 0 Å². The molecule has 162 valence electrons. The summed E-state index contributed by atoms with van der Waals surface area (Å²) in [5.74, 6) is -1.72. The van der Waals surface area contributed by atoms with Gasteiger partial charge in [-0.05, 0) is 60.9 Å². The summed E-state index contributed by atoms with van der Waals surface area (Å²) in [6, 6.07) is 20.0. The maximum Gasteiger partial charge on any atom is 0.338 e. The first-order valence-electron chi connectivity index (χ1n) is 10.2. The molecule has 1 aromatic heterocycles. The van der Waals surface area contributed by atoms with Gasteiger partial charge in [0.25, 0.3) is 0 Å². The molecule has 3 aromatic carbocycles. The number of ether oxygens (including phenoxy) is 1. The number of rotatable bonds is 7. The van der Waals surface area contributed by atoms with Gasteiger partial charge in [-0.2, -0.15) is 4.98 Å². The molecule has 0 saturated heterocycles. The number of hydrogen-bond acceptors (Lipinski definition) is 5. The maximum absolute atomic E-state index is 13.3. The van der Waals surface area contributed by atoms with Crippen LogP contribution in [0.3, 0.4) is 0 Å². The van der Waals surface area contributed by atoms with E-state index >= 15 is 0 Å². The summed E-state index contributed by atoms with van der Waals surface area (Å²) >= 11 is 0. The van der Waals surface area contributed by atoms with E-state index in [1.807, 2.05) is 12.1 Å². The van der Waals surface area contributed by atoms with Crippen LogP contribution in [0.25, 0.3) is 11.1 Å². The van der Waals surface area contributed by atoms with Gasteiger partial charge in [0.05, 0.1) is 18.1 Å². The molecule has 1 unspecified atom stereocenters. The van der Waals surface area contributed by atoms with E-state index in [0.29, 0.717) is 28.6 Å². The fourth-order valence-corrected chi connectivity index (χ4v) is 3.40. The lowest BCUT2D eigenvalue weighted by molar-refractivity contribution is -0.117. The molecule has 1 amide bonds. The van der Waals surface area contributed by atoms with Gasteiger partial charge in [0.1, 0.15) is 11.3 Å². The van der Waals surface area contributed by atoms with Crippen molar-refractivity contribution in [2.24, 2.45) is 0 Å². The number of esters is 1. The number of hydrogen-bond donors (Lipinski definition) is 1. The van der Waals surface area contributed by atoms with Crippen molar-refractivity contribution in [2.75, 3.05) is 11.9 Å². The molecule has 32 heavy (non-hydrogen) atoms. The fraction of sp³-hybridized carbons (Fsp3) is 0.160. The van der Waals surface area contributed by atoms with Crippen LogP contribution >= 0.6 is 0 Å². The van der Waals surface area contributed by atoms with Gasteiger partial charge in [0, 0.05) is 0 Å². The SMILES string of the molecule is CCOC(=O)c1ccc(C(Cc2ccc(F)cc2)C(=O)Nc2nc3ccccc3o2)cc1. The molecule has 0 aliphatic rings. The molecule has 1 atom stereocenters. The zero-order valence-electron chi connectivity index (χ0n) is 17.4. The Morgan fingerprint density at radius 3 is 2.44 bits per heavy atom. The zero-order valence-corrected chi connectivity index (χ0v) is 17.4. The van der Waals surface area contributed by atoms with E-state index in [-0.39, 0.29) is 24.3 Å². The molecule has 0 aliphatic heterocycles. The Hall–Kier alpha value is -4.00. The molecule has 4 rings (SSSR count). The van der Waals surface area contributed by atoms with Crippen molar-refractivity contribution in [3.05, 3.63) is 95.3 Å². The zero-order chi connectivity index (χ0) is 22.5. The van der Waals surface area contributed by atoms with E-state index in [0.717, 1.165) is 5.56 Å². The van der Waals surface area contributed by atoms with Crippen LogP contribution in [0.15, 0.2) is 77.2 Å². The van der Waals surface area contributed by atoms with Crippen molar-refractivity contribution in [1.29, 1.82) is 0 Å². The van der Waals surface area contributed by atoms with Crippen LogP contribution in [0.2, 0.25) is 0 Å². The number of halogens is 1. The first-order valence-corrected chi connectivity index (χ1v) is 10.2. The Kier molecular flexibility index (Phi) is 6.26. The van der Waals surface area contributed by atoms with E-state index in [1.165, 1.54) is 12.1 Å². The number of carbonyl (C=O) groups is 2. The second kappa shape index (κ2) is 9.43. The predicted molar refractivity (Wildman–Crippen MR) is 118 cm³/mol. The number of nitrogens with zero attached hydrogens (tertiary/aromatic N) is 1. The van der Waals surface area contributed by atoms with Crippen molar-refractivity contribution < 1.29 is 23.1 Å². The van der Waals surface area contributed by atoms with Gasteiger partial charge >= 0.3 is 12.0 Å². The van der Waals surface area contributed by atoms with Crippen molar-refractivity contribution in [3.8, 4) is 0 Å². The molecule has 6 nitrogen and oxygen atoms in total. The van der Waals surface area contributed by atoms with Gasteiger partial charge in [0.2, 0.25) is 5.91 Å². The Bertz CT molecular complexity index is 1200. The maximum atomic E-state index is 13.3. The van der Waals surface area contributed by atoms with Gasteiger partial charge in [0.15, 0.2) is 5.58 Å². The molecule has 0 aliphatic carbocycles. The number of fused-ring (bicyclic) bond motifs is 1. The van der Waals surface area contributed by atoms with Crippen molar-refractivity contribution in [2.45, 2.75) is 19.3 Å². The fourth-order valence-electron chi connectivity index (χ4n) is 3.40. The Morgan fingerprint density at radius 1 is 1.03 bits per heavy atom. The Morgan fingerprint density at radius 2 is 1.75 bits per heavy atom. The van der Waals surface area contributed by atoms with E-state index < -0.39 is 11.9 Å². The molecule has 0 fully saturated rings. The molecule has 1 heterocycles. The molecule has 0 radical (unpaired) electrons. The van der Waals surface area contributed by atoms with Gasteiger partial charge in [-0.1, -0.05) is 36.4 Å². The molecule has 1 N–H and O–H groups in total. The highest BCUT2D eigenvalue weighted by Crippen LogP contribution is 2.25. The highest BCUT2D eigenvalue weighted by atomic mass is 19.1. The summed E-state index contributed by atoms with van der Waals surface area (Å²) in [5.41, 5.74) is 3.08. The number of carbonyl (C=O) groups excluding carboxylic acids is 2. The summed E-state index contributed by atoms with van der Waals surface area (Å²) < 4.78 is 24.0. The average molecular weight is 432 g/mol. The first-order chi connectivity index (χ1) is 15.5. The molecular weight excluding hydrogens is 411 g/mol. The second-order valence-corrected chi connectivity index (χ2v) is 7.20. The quantitative estimate of drug-likeness (QED) is 0.411. The molecular formula is C25H21FN2O4. The average Bonchev–Trinajstić information content (AvgIpc) is 3.21. The van der Waals surface area contributed by atoms with Crippen LogP contribution in [0.4, 0.5) is 10.4 Å². The lowest BCUT2D eigenvalue weighted by Gasteiger charge is -2.17. The standard InChI is InChI=1S/C25H21FN2O4/c1-2-31-24(30)18-11-9-17(10-12-18)20(15-16-7-13-19(26)14-8-16)23(29)28-25-27-21-5-3-4-6-22(21)32-25/h3-14,20H,2,15H2,1H3,(H,27,28,29). The third kappa shape index (κ3) is 4.83. The second-order valence-electron chi connectivity index (χ2n) is 7.20. The predicted octanol–water partition coefficient (Wildman–Crippen LogP) is 5.11. The lowest BCUT2D eigenvalue weighted by Crippen LogP contribution is -2.23. The minimum absolute atomic E-state index is 0.100. The Labute approximate surface area is 184 Å². The third-order valence-electron chi connectivity index (χ3n) is 5.02. The Balaban J connectivity index is 1.61. The number of oxazole rings is 1. The van der Waals surface area contributed by atoms with E-state index in [2.05, 4.69) is 10.3 Å². The molecule has 0 spiro atoms. The monoisotopic (exact) mass is 432 g/mol. The smallest absolute Gasteiger partial charge is 0.338 e. The summed E-state index contributed by atoms with van der Waals surface area (Å²) in [6.07, 6.45) is 0.324. The van der Waals surface area contributed by atoms with Crippen LogP contribution in [-0.4, -0.2) is 23.5 Å². The van der Waals surface area contributed by atoms with Crippen LogP contribution in [-0.2, 0) is 16.0 Å². The number of amides is 1. The minimum Gasteiger partial charge on any atom is -0.462 e. The topological polar surface area (TPSA) is 81.4 Å². The highest BCUT2D eigenvalue weighted by Gasteiger charge is 2.23. The normalized spacial score (nSPS) is 11.8. The van der Waals surface area contributed by atoms with Gasteiger partial charge in [-0.25, -0.2) is 9.18 Å². The summed E-state index contributed by atoms with van der Waals surface area (Å²) in [6.45, 7) is 2.02. The van der Waals surface area contributed by atoms with Crippen molar-refractivity contribution in [3.63, 3.8) is 0 Å². The molecule has 4 aromatic rings. The molecule has 0 bridgehead atoms. The lowest BCUT2D eigenvalue weighted by atomic mass is 9.90. The van der Waals surface area contributed by atoms with Crippen LogP contribution < -0.4 is 5.32 Å². The highest BCUT2D eigenvalue weighted by molar-refractivity contribution is 5.95. The number of anilines is 1. The van der Waals surface area contributed by atoms with Crippen LogP contribution in [0.5, 0.6) is 0 Å². The molecule has 7 heteroatoms. The minimum atomic E-state index is -0.619. The largest absolute Gasteiger partial charge is 0.462 e. The number of nitrogens with one attached hydrogen (secondary N) is 1. The third-order valence-corrected chi connectivity index (χ3v) is 5.02. The summed E-state index contributed by atoms with van der Waals surface area (Å²) in [7, 11) is 0. The number of benzene rings is 3. The van der Waals surface area contributed by atoms with Crippen molar-refractivity contribution >= 4 is 29.0 Å². The van der Waals surface area contributed by atoms with E-state index in [9.17, 15) is 14.0 Å². The van der Waals surface area contributed by atoms with Gasteiger partial charge in [-0.3, -0.25) is 10.1 Å².